The zero-order valence-electron chi connectivity index (χ0n) is 33.5. The van der Waals surface area contributed by atoms with E-state index >= 15 is 0 Å². The molecule has 1 heterocycles. The van der Waals surface area contributed by atoms with Gasteiger partial charge in [0.05, 0.1) is 23.3 Å². The van der Waals surface area contributed by atoms with Crippen LogP contribution in [0.4, 0.5) is 5.69 Å². The maximum Gasteiger partial charge on any atom is 0.125 e. The first-order valence-electron chi connectivity index (χ1n) is 20.1. The van der Waals surface area contributed by atoms with Gasteiger partial charge in [-0.2, -0.15) is 0 Å². The molecule has 1 aliphatic carbocycles. The Bertz CT molecular complexity index is 2840. The van der Waals surface area contributed by atoms with Crippen LogP contribution in [0.25, 0.3) is 49.4 Å². The number of allylic oxidation sites excluding steroid dienone is 2. The Hall–Kier alpha value is -7.26. The summed E-state index contributed by atoms with van der Waals surface area (Å²) in [5, 5.41) is 5.07. The predicted octanol–water partition coefficient (Wildman–Crippen LogP) is 12.4. The summed E-state index contributed by atoms with van der Waals surface area (Å²) < 4.78 is 2.40. The number of benzene rings is 7. The molecule has 0 aliphatic heterocycles. The second-order valence-electron chi connectivity index (χ2n) is 14.3. The first-order chi connectivity index (χ1) is 29.1. The molecule has 5 nitrogen and oxygen atoms in total. The van der Waals surface area contributed by atoms with Gasteiger partial charge in [-0.1, -0.05) is 146 Å². The quantitative estimate of drug-likeness (QED) is 0.0871. The molecule has 1 aromatic heterocycles. The third kappa shape index (κ3) is 9.00. The maximum atomic E-state index is 5.97. The molecular weight excluding hydrogens is 719 g/mol. The van der Waals surface area contributed by atoms with Crippen molar-refractivity contribution in [3.63, 3.8) is 0 Å². The Morgan fingerprint density at radius 1 is 0.695 bits per heavy atom. The third-order valence-corrected chi connectivity index (χ3v) is 10.6. The standard InChI is InChI=1S/C38H31N3.C14H16N2.C2H2/c1-2-40-35-17-9-16-31(34(35)23-26-10-8-11-27(22-26)25-39)29-18-20-33-37(24-29)41(30-13-4-3-5-14-30)36-21-19-28-12-6-7-15-32(28)38(33)36;15-14(13-9-5-2-6-10-13)16-11-12-7-3-1-4-8-12;1-2/h2-22,24H,23,25,39H2,1H3;1,3-5,7-10H,2,6,11H2,(H2,15,16);1-2H. The molecule has 4 N–H and O–H groups in total. The fraction of sp³-hybridized carbons (Fsp3) is 0.111. The Balaban J connectivity index is 0.000000246. The highest BCUT2D eigenvalue weighted by Crippen LogP contribution is 2.40. The van der Waals surface area contributed by atoms with Crippen molar-refractivity contribution in [1.29, 1.82) is 0 Å². The molecule has 0 saturated heterocycles. The lowest BCUT2D eigenvalue weighted by Crippen LogP contribution is -2.15. The van der Waals surface area contributed by atoms with E-state index in [1.54, 1.807) is 0 Å². The lowest BCUT2D eigenvalue weighted by molar-refractivity contribution is 1.02. The molecule has 290 valence electrons. The minimum atomic E-state index is 0.533. The number of nitrogens with zero attached hydrogens (tertiary/aromatic N) is 3. The first kappa shape index (κ1) is 40.0. The van der Waals surface area contributed by atoms with Gasteiger partial charge in [-0.25, -0.2) is 0 Å². The van der Waals surface area contributed by atoms with Crippen molar-refractivity contribution in [2.24, 2.45) is 21.5 Å². The summed E-state index contributed by atoms with van der Waals surface area (Å²) in [5.41, 5.74) is 24.7. The van der Waals surface area contributed by atoms with Crippen molar-refractivity contribution in [2.75, 3.05) is 0 Å². The summed E-state index contributed by atoms with van der Waals surface area (Å²) in [5.74, 6) is 0.639. The molecule has 8 aromatic rings. The van der Waals surface area contributed by atoms with Crippen LogP contribution in [0.1, 0.15) is 42.0 Å². The van der Waals surface area contributed by atoms with E-state index in [2.05, 4.69) is 174 Å². The number of para-hydroxylation sites is 1. The number of hydrogen-bond donors (Lipinski definition) is 2. The minimum absolute atomic E-state index is 0.533. The van der Waals surface area contributed by atoms with Gasteiger partial charge < -0.3 is 16.0 Å². The van der Waals surface area contributed by atoms with Crippen LogP contribution in [0, 0.1) is 12.8 Å². The largest absolute Gasteiger partial charge is 0.384 e. The van der Waals surface area contributed by atoms with E-state index < -0.39 is 0 Å². The van der Waals surface area contributed by atoms with E-state index in [0.717, 1.165) is 41.8 Å². The highest BCUT2D eigenvalue weighted by atomic mass is 15.0. The fourth-order valence-electron chi connectivity index (χ4n) is 7.83. The average Bonchev–Trinajstić information content (AvgIpc) is 3.65. The number of hydrogen-bond acceptors (Lipinski definition) is 3. The van der Waals surface area contributed by atoms with Gasteiger partial charge in [0.1, 0.15) is 5.84 Å². The molecule has 7 aromatic carbocycles. The fourth-order valence-corrected chi connectivity index (χ4v) is 7.83. The predicted molar refractivity (Wildman–Crippen MR) is 253 cm³/mol. The lowest BCUT2D eigenvalue weighted by atomic mass is 9.92. The normalized spacial score (nSPS) is 12.5. The summed E-state index contributed by atoms with van der Waals surface area (Å²) in [6.07, 6.45) is 19.2. The minimum Gasteiger partial charge on any atom is -0.384 e. The molecule has 0 bridgehead atoms. The number of terminal acetylenes is 1. The Morgan fingerprint density at radius 2 is 1.42 bits per heavy atom. The van der Waals surface area contributed by atoms with Crippen LogP contribution in [-0.2, 0) is 19.5 Å². The number of aromatic nitrogens is 1. The molecule has 5 heteroatoms. The summed E-state index contributed by atoms with van der Waals surface area (Å²) >= 11 is 0. The number of rotatable bonds is 9. The number of aliphatic imine (C=N–C) groups is 2. The molecule has 0 amide bonds. The molecule has 0 spiro atoms. The lowest BCUT2D eigenvalue weighted by Gasteiger charge is -2.15. The smallest absolute Gasteiger partial charge is 0.125 e. The summed E-state index contributed by atoms with van der Waals surface area (Å²) in [6.45, 7) is 3.16. The van der Waals surface area contributed by atoms with Crippen LogP contribution in [0.2, 0.25) is 0 Å². The molecule has 0 unspecified atom stereocenters. The van der Waals surface area contributed by atoms with Crippen LogP contribution < -0.4 is 11.5 Å². The van der Waals surface area contributed by atoms with E-state index in [-0.39, 0.29) is 0 Å². The van der Waals surface area contributed by atoms with E-state index in [9.17, 15) is 0 Å². The van der Waals surface area contributed by atoms with Gasteiger partial charge in [-0.05, 0) is 94.3 Å². The van der Waals surface area contributed by atoms with Gasteiger partial charge in [-0.3, -0.25) is 9.98 Å². The molecule has 0 saturated carbocycles. The number of fused-ring (bicyclic) bond motifs is 5. The number of amidine groups is 1. The SMILES string of the molecule is C#C.CC=Nc1cccc(-c2ccc3c4c5ccccc5ccc4n(-c4ccccc4)c3c2)c1Cc1cccc(CN)c1.NC(=NCc1ccccc1)C1=CCCC=C1. The van der Waals surface area contributed by atoms with Crippen LogP contribution in [0.3, 0.4) is 0 Å². The monoisotopic (exact) mass is 767 g/mol. The average molecular weight is 768 g/mol. The summed E-state index contributed by atoms with van der Waals surface area (Å²) in [6, 6.07) is 55.9. The zero-order valence-corrected chi connectivity index (χ0v) is 33.5. The molecule has 0 atom stereocenters. The van der Waals surface area contributed by atoms with Gasteiger partial charge in [0.15, 0.2) is 0 Å². The second-order valence-corrected chi connectivity index (χ2v) is 14.3. The van der Waals surface area contributed by atoms with Crippen LogP contribution in [0.5, 0.6) is 0 Å². The van der Waals surface area contributed by atoms with E-state index in [4.69, 9.17) is 16.5 Å². The van der Waals surface area contributed by atoms with Crippen molar-refractivity contribution in [3.05, 3.63) is 204 Å². The van der Waals surface area contributed by atoms with Crippen molar-refractivity contribution in [1.82, 2.24) is 4.57 Å². The first-order valence-corrected chi connectivity index (χ1v) is 20.1. The molecule has 1 aliphatic rings. The van der Waals surface area contributed by atoms with Crippen molar-refractivity contribution in [2.45, 2.75) is 39.3 Å². The van der Waals surface area contributed by atoms with Crippen molar-refractivity contribution in [3.8, 4) is 29.7 Å². The van der Waals surface area contributed by atoms with Gasteiger partial charge in [0.2, 0.25) is 0 Å². The Morgan fingerprint density at radius 3 is 2.19 bits per heavy atom. The van der Waals surface area contributed by atoms with Gasteiger partial charge >= 0.3 is 0 Å². The van der Waals surface area contributed by atoms with Crippen molar-refractivity contribution >= 4 is 50.3 Å². The maximum absolute atomic E-state index is 5.97. The molecule has 0 radical (unpaired) electrons. The van der Waals surface area contributed by atoms with Crippen LogP contribution in [-0.4, -0.2) is 16.6 Å². The molecule has 59 heavy (non-hydrogen) atoms. The van der Waals surface area contributed by atoms with Gasteiger partial charge in [0, 0.05) is 41.2 Å². The zero-order chi connectivity index (χ0) is 41.0. The van der Waals surface area contributed by atoms with E-state index in [1.165, 1.54) is 60.4 Å². The van der Waals surface area contributed by atoms with Crippen LogP contribution >= 0.6 is 0 Å². The van der Waals surface area contributed by atoms with Crippen molar-refractivity contribution < 1.29 is 0 Å². The third-order valence-electron chi connectivity index (χ3n) is 10.6. The molecule has 0 fully saturated rings. The van der Waals surface area contributed by atoms with Gasteiger partial charge in [0.25, 0.3) is 0 Å². The summed E-state index contributed by atoms with van der Waals surface area (Å²) in [7, 11) is 0. The highest BCUT2D eigenvalue weighted by molar-refractivity contribution is 6.21. The highest BCUT2D eigenvalue weighted by Gasteiger charge is 2.18. The second kappa shape index (κ2) is 19.3. The van der Waals surface area contributed by atoms with Gasteiger partial charge in [-0.15, -0.1) is 12.8 Å². The summed E-state index contributed by atoms with van der Waals surface area (Å²) in [4.78, 5) is 9.17. The van der Waals surface area contributed by atoms with E-state index in [0.29, 0.717) is 18.9 Å². The Labute approximate surface area is 347 Å². The van der Waals surface area contributed by atoms with E-state index in [1.807, 2.05) is 37.4 Å². The topological polar surface area (TPSA) is 81.7 Å². The van der Waals surface area contributed by atoms with Crippen LogP contribution in [0.15, 0.2) is 192 Å². The Kier molecular flexibility index (Phi) is 13.0. The molecular formula is C54H49N5. The molecule has 9 rings (SSSR count). The number of nitrogens with two attached hydrogens (primary N) is 2.